The lowest BCUT2D eigenvalue weighted by molar-refractivity contribution is -0.144. The second-order valence-electron chi connectivity index (χ2n) is 22.1. The first-order valence-corrected chi connectivity index (χ1v) is 27.0. The number of halogens is 18. The summed E-state index contributed by atoms with van der Waals surface area (Å²) in [5.74, 6) is 0. The van der Waals surface area contributed by atoms with Crippen LogP contribution in [0.5, 0.6) is 0 Å². The minimum Gasteiger partial charge on any atom is -0.309 e. The third-order valence-electron chi connectivity index (χ3n) is 15.3. The highest BCUT2D eigenvalue weighted by molar-refractivity contribution is 6.12. The van der Waals surface area contributed by atoms with Crippen molar-refractivity contribution in [3.8, 4) is 83.6 Å². The fourth-order valence-corrected chi connectivity index (χ4v) is 11.4. The van der Waals surface area contributed by atoms with Crippen molar-refractivity contribution in [3.05, 3.63) is 244 Å². The monoisotopic (exact) mass is 1240 g/mol. The molecule has 0 amide bonds. The van der Waals surface area contributed by atoms with Crippen LogP contribution < -0.4 is 0 Å². The molecule has 0 fully saturated rings. The first-order valence-electron chi connectivity index (χ1n) is 27.0. The molecule has 454 valence electrons. The summed E-state index contributed by atoms with van der Waals surface area (Å²) >= 11 is 0. The van der Waals surface area contributed by atoms with Gasteiger partial charge in [-0.2, -0.15) is 79.0 Å². The SMILES string of the molecule is Cc1cc(C)cc(-c2cc(-c3cc(C)cc(C(F)(F)F)c3)cc(-c3ccc4c(c3)c3cc(-c5cc(-c6cc(C)cc(C(F)(F)F)c6)cc(-c6cc(C(F)(F)F)cc(C(F)(F)F)c6)c5)ccc3n4-c3ccccc3-c3cc(C(F)(F)F)cc(C(F)(F)F)c3)c2)c1. The van der Waals surface area contributed by atoms with Crippen LogP contribution in [0.1, 0.15) is 55.6 Å². The number of hydrogen-bond acceptors (Lipinski definition) is 0. The highest BCUT2D eigenvalue weighted by Gasteiger charge is 2.39. The largest absolute Gasteiger partial charge is 0.416 e. The van der Waals surface area contributed by atoms with Gasteiger partial charge in [-0.1, -0.05) is 71.8 Å². The van der Waals surface area contributed by atoms with Gasteiger partial charge in [0.25, 0.3) is 0 Å². The van der Waals surface area contributed by atoms with E-state index in [1.807, 2.05) is 38.1 Å². The van der Waals surface area contributed by atoms with Crippen LogP contribution >= 0.6 is 0 Å². The van der Waals surface area contributed by atoms with Crippen molar-refractivity contribution in [2.75, 3.05) is 0 Å². The molecule has 0 aliphatic heterocycles. The summed E-state index contributed by atoms with van der Waals surface area (Å²) < 4.78 is 261. The summed E-state index contributed by atoms with van der Waals surface area (Å²) in [4.78, 5) is 0. The van der Waals surface area contributed by atoms with E-state index in [4.69, 9.17) is 0 Å². The highest BCUT2D eigenvalue weighted by Crippen LogP contribution is 2.47. The predicted molar refractivity (Wildman–Crippen MR) is 308 cm³/mol. The molecule has 0 N–H and O–H groups in total. The number of fused-ring (bicyclic) bond motifs is 3. The van der Waals surface area contributed by atoms with Gasteiger partial charge in [-0.3, -0.25) is 0 Å². The number of aromatic nitrogens is 1. The number of benzene rings is 10. The number of alkyl halides is 18. The van der Waals surface area contributed by atoms with Crippen LogP contribution in [0.4, 0.5) is 79.0 Å². The average Bonchev–Trinajstić information content (AvgIpc) is 1.61. The Morgan fingerprint density at radius 1 is 0.225 bits per heavy atom. The summed E-state index contributed by atoms with van der Waals surface area (Å²) in [6.45, 7) is 6.61. The van der Waals surface area contributed by atoms with Crippen molar-refractivity contribution in [3.63, 3.8) is 0 Å². The van der Waals surface area contributed by atoms with Gasteiger partial charge in [0.2, 0.25) is 0 Å². The maximum absolute atomic E-state index is 14.5. The topological polar surface area (TPSA) is 4.93 Å². The molecule has 0 aliphatic carbocycles. The van der Waals surface area contributed by atoms with Gasteiger partial charge in [0, 0.05) is 16.3 Å². The van der Waals surface area contributed by atoms with Gasteiger partial charge in [0.1, 0.15) is 0 Å². The molecular weight excluding hydrogens is 1200 g/mol. The third kappa shape index (κ3) is 12.6. The molecule has 0 radical (unpaired) electrons. The van der Waals surface area contributed by atoms with Crippen LogP contribution in [0, 0.1) is 27.7 Å². The smallest absolute Gasteiger partial charge is 0.309 e. The Kier molecular flexibility index (Phi) is 15.0. The molecule has 1 heterocycles. The number of rotatable bonds is 8. The molecule has 0 unspecified atom stereocenters. The minimum atomic E-state index is -5.30. The van der Waals surface area contributed by atoms with Crippen LogP contribution in [0.25, 0.3) is 105 Å². The Morgan fingerprint density at radius 3 is 0.820 bits per heavy atom. The molecule has 0 aliphatic rings. The van der Waals surface area contributed by atoms with Gasteiger partial charge in [-0.15, -0.1) is 0 Å². The lowest BCUT2D eigenvalue weighted by atomic mass is 9.90. The molecule has 19 heteroatoms. The Bertz CT molecular complexity index is 4540. The lowest BCUT2D eigenvalue weighted by Gasteiger charge is -2.18. The van der Waals surface area contributed by atoms with E-state index in [1.54, 1.807) is 47.0 Å². The molecule has 1 nitrogen and oxygen atoms in total. The first-order chi connectivity index (χ1) is 41.4. The number of aryl methyl sites for hydroxylation is 4. The molecule has 11 aromatic rings. The van der Waals surface area contributed by atoms with Crippen LogP contribution in [0.3, 0.4) is 0 Å². The van der Waals surface area contributed by atoms with Gasteiger partial charge in [0.05, 0.1) is 50.1 Å². The molecule has 89 heavy (non-hydrogen) atoms. The number of nitrogens with zero attached hydrogens (tertiary/aromatic N) is 1. The summed E-state index contributed by atoms with van der Waals surface area (Å²) in [6, 6.07) is 38.5. The number of hydrogen-bond donors (Lipinski definition) is 0. The van der Waals surface area contributed by atoms with E-state index in [0.717, 1.165) is 41.5 Å². The Balaban J connectivity index is 1.21. The molecular formula is C70H43F18N. The van der Waals surface area contributed by atoms with E-state index in [0.29, 0.717) is 63.0 Å². The normalized spacial score (nSPS) is 12.8. The van der Waals surface area contributed by atoms with Crippen molar-refractivity contribution in [2.24, 2.45) is 0 Å². The van der Waals surface area contributed by atoms with E-state index in [1.165, 1.54) is 68.4 Å². The predicted octanol–water partition coefficient (Wildman–Crippen LogP) is 23.8. The third-order valence-corrected chi connectivity index (χ3v) is 15.3. The second-order valence-corrected chi connectivity index (χ2v) is 22.1. The Labute approximate surface area is 495 Å². The van der Waals surface area contributed by atoms with Crippen molar-refractivity contribution in [1.82, 2.24) is 4.57 Å². The molecule has 0 saturated carbocycles. The minimum absolute atomic E-state index is 0.0127. The molecule has 0 spiro atoms. The Hall–Kier alpha value is -9.26. The molecule has 1 aromatic heterocycles. The molecule has 11 rings (SSSR count). The van der Waals surface area contributed by atoms with Gasteiger partial charge >= 0.3 is 37.1 Å². The second kappa shape index (κ2) is 21.8. The average molecular weight is 1240 g/mol. The van der Waals surface area contributed by atoms with Gasteiger partial charge in [-0.05, 0) is 239 Å². The van der Waals surface area contributed by atoms with Gasteiger partial charge in [-0.25, -0.2) is 0 Å². The molecule has 0 bridgehead atoms. The first kappa shape index (κ1) is 61.4. The van der Waals surface area contributed by atoms with E-state index >= 15 is 0 Å². The lowest BCUT2D eigenvalue weighted by Crippen LogP contribution is -2.11. The van der Waals surface area contributed by atoms with Crippen LogP contribution in [0.2, 0.25) is 0 Å². The maximum Gasteiger partial charge on any atom is 0.416 e. The summed E-state index contributed by atoms with van der Waals surface area (Å²) in [6.07, 6.45) is -30.7. The zero-order valence-electron chi connectivity index (χ0n) is 46.6. The molecule has 0 atom stereocenters. The fourth-order valence-electron chi connectivity index (χ4n) is 11.4. The summed E-state index contributed by atoms with van der Waals surface area (Å²) in [7, 11) is 0. The maximum atomic E-state index is 14.5. The van der Waals surface area contributed by atoms with E-state index in [9.17, 15) is 79.0 Å². The van der Waals surface area contributed by atoms with E-state index in [2.05, 4.69) is 0 Å². The Morgan fingerprint density at radius 2 is 0.483 bits per heavy atom. The zero-order valence-corrected chi connectivity index (χ0v) is 46.6. The van der Waals surface area contributed by atoms with Crippen molar-refractivity contribution in [1.29, 1.82) is 0 Å². The van der Waals surface area contributed by atoms with Crippen LogP contribution in [0.15, 0.2) is 188 Å². The van der Waals surface area contributed by atoms with Crippen LogP contribution in [-0.2, 0) is 37.1 Å². The summed E-state index contributed by atoms with van der Waals surface area (Å²) in [5.41, 5.74) is -4.45. The fraction of sp³-hybridized carbons (Fsp3) is 0.143. The zero-order chi connectivity index (χ0) is 64.2. The summed E-state index contributed by atoms with van der Waals surface area (Å²) in [5, 5.41) is 0.619. The van der Waals surface area contributed by atoms with Crippen molar-refractivity contribution < 1.29 is 79.0 Å². The molecule has 10 aromatic carbocycles. The highest BCUT2D eigenvalue weighted by atomic mass is 19.4. The molecule has 0 saturated heterocycles. The van der Waals surface area contributed by atoms with Gasteiger partial charge < -0.3 is 4.57 Å². The van der Waals surface area contributed by atoms with E-state index < -0.39 is 81.6 Å². The quantitative estimate of drug-likeness (QED) is 0.134. The van der Waals surface area contributed by atoms with Crippen molar-refractivity contribution in [2.45, 2.75) is 64.8 Å². The number of para-hydroxylation sites is 1. The van der Waals surface area contributed by atoms with Gasteiger partial charge in [0.15, 0.2) is 0 Å². The van der Waals surface area contributed by atoms with Crippen LogP contribution in [-0.4, -0.2) is 4.57 Å². The standard InChI is InChI=1S/C70H43F18N/c1-36-13-37(2)15-42(14-36)47-20-45(21-48(24-47)43-16-38(3)18-53(26-43)65(71,72)73)40-9-11-63-60(32-40)61-33-41(10-12-64(61)89(63)62-8-6-5-7-59(62)52-30-57(69(83,84)85)35-58(31-52)70(86,87)88)46-22-49(44-17-39(4)19-54(27-44)66(74,75)76)25-50(23-46)51-28-55(67(77,78)79)34-56(29-51)68(80,81)82/h5-35H,1-4H3. The van der Waals surface area contributed by atoms with E-state index in [-0.39, 0.29) is 78.7 Å². The van der Waals surface area contributed by atoms with Crippen molar-refractivity contribution >= 4 is 21.8 Å².